The summed E-state index contributed by atoms with van der Waals surface area (Å²) in [5.74, 6) is 0.845. The third-order valence-electron chi connectivity index (χ3n) is 6.32. The van der Waals surface area contributed by atoms with E-state index in [2.05, 4.69) is 25.1 Å². The van der Waals surface area contributed by atoms with Gasteiger partial charge in [0.15, 0.2) is 0 Å². The third kappa shape index (κ3) is 4.69. The van der Waals surface area contributed by atoms with Gasteiger partial charge in [0.05, 0.1) is 30.0 Å². The SMILES string of the molecule is Cc1cnc(CNC(=O)C2CCCN(C3CCN(C(=O)C4CC4)CC3)C2)cn1. The summed E-state index contributed by atoms with van der Waals surface area (Å²) in [5, 5.41) is 3.03. The van der Waals surface area contributed by atoms with Crippen molar-refractivity contribution in [1.29, 1.82) is 0 Å². The molecule has 2 aliphatic heterocycles. The number of carbonyl (C=O) groups excluding carboxylic acids is 2. The Labute approximate surface area is 166 Å². The number of amides is 2. The maximum Gasteiger partial charge on any atom is 0.225 e. The molecule has 7 nitrogen and oxygen atoms in total. The molecule has 0 aromatic carbocycles. The number of nitrogens with zero attached hydrogens (tertiary/aromatic N) is 4. The second-order valence-electron chi connectivity index (χ2n) is 8.53. The molecule has 2 amide bonds. The maximum atomic E-state index is 12.7. The lowest BCUT2D eigenvalue weighted by atomic mass is 9.93. The lowest BCUT2D eigenvalue weighted by molar-refractivity contribution is -0.134. The van der Waals surface area contributed by atoms with Crippen molar-refractivity contribution in [3.63, 3.8) is 0 Å². The highest BCUT2D eigenvalue weighted by atomic mass is 16.2. The fourth-order valence-electron chi connectivity index (χ4n) is 4.42. The molecular formula is C21H31N5O2. The summed E-state index contributed by atoms with van der Waals surface area (Å²) >= 11 is 0. The summed E-state index contributed by atoms with van der Waals surface area (Å²) in [6.07, 6.45) is 9.68. The Hall–Kier alpha value is -2.02. The minimum absolute atomic E-state index is 0.0401. The van der Waals surface area contributed by atoms with Gasteiger partial charge >= 0.3 is 0 Å². The van der Waals surface area contributed by atoms with E-state index in [-0.39, 0.29) is 11.8 Å². The standard InChI is InChI=1S/C21H31N5O2/c1-15-11-23-18(12-22-15)13-24-20(27)17-3-2-8-26(14-17)19-6-9-25(10-7-19)21(28)16-4-5-16/h11-12,16-17,19H,2-10,13-14H2,1H3,(H,24,27). The Kier molecular flexibility index (Phi) is 5.90. The monoisotopic (exact) mass is 385 g/mol. The Morgan fingerprint density at radius 1 is 1.04 bits per heavy atom. The number of aromatic nitrogens is 2. The number of hydrogen-bond donors (Lipinski definition) is 1. The zero-order valence-electron chi connectivity index (χ0n) is 16.8. The number of nitrogens with one attached hydrogen (secondary N) is 1. The van der Waals surface area contributed by atoms with Gasteiger partial charge in [-0.15, -0.1) is 0 Å². The van der Waals surface area contributed by atoms with E-state index in [4.69, 9.17) is 0 Å². The third-order valence-corrected chi connectivity index (χ3v) is 6.32. The van der Waals surface area contributed by atoms with E-state index < -0.39 is 0 Å². The normalized spacial score (nSPS) is 24.2. The van der Waals surface area contributed by atoms with Crippen molar-refractivity contribution < 1.29 is 9.59 Å². The second-order valence-corrected chi connectivity index (χ2v) is 8.53. The highest BCUT2D eigenvalue weighted by molar-refractivity contribution is 5.81. The van der Waals surface area contributed by atoms with Crippen LogP contribution < -0.4 is 5.32 Å². The van der Waals surface area contributed by atoms with E-state index in [1.807, 2.05) is 6.92 Å². The van der Waals surface area contributed by atoms with E-state index in [1.54, 1.807) is 12.4 Å². The Balaban J connectivity index is 1.24. The van der Waals surface area contributed by atoms with Gasteiger partial charge < -0.3 is 10.2 Å². The van der Waals surface area contributed by atoms with E-state index in [0.717, 1.165) is 76.1 Å². The molecule has 1 atom stereocenters. The highest BCUT2D eigenvalue weighted by Crippen LogP contribution is 2.32. The lowest BCUT2D eigenvalue weighted by Crippen LogP contribution is -2.51. The molecule has 1 unspecified atom stereocenters. The van der Waals surface area contributed by atoms with Crippen molar-refractivity contribution in [3.05, 3.63) is 23.8 Å². The van der Waals surface area contributed by atoms with E-state index in [1.165, 1.54) is 0 Å². The molecule has 1 aliphatic carbocycles. The van der Waals surface area contributed by atoms with Crippen LogP contribution in [0.2, 0.25) is 0 Å². The molecule has 7 heteroatoms. The minimum atomic E-state index is 0.0401. The quantitative estimate of drug-likeness (QED) is 0.831. The average Bonchev–Trinajstić information content (AvgIpc) is 3.58. The first-order valence-electron chi connectivity index (χ1n) is 10.7. The molecule has 4 rings (SSSR count). The van der Waals surface area contributed by atoms with Crippen molar-refractivity contribution in [3.8, 4) is 0 Å². The second kappa shape index (κ2) is 8.55. The van der Waals surface area contributed by atoms with Crippen molar-refractivity contribution >= 4 is 11.8 Å². The first kappa shape index (κ1) is 19.3. The van der Waals surface area contributed by atoms with Crippen molar-refractivity contribution in [1.82, 2.24) is 25.1 Å². The van der Waals surface area contributed by atoms with E-state index in [0.29, 0.717) is 24.4 Å². The van der Waals surface area contributed by atoms with Gasteiger partial charge in [-0.05, 0) is 52.0 Å². The summed E-state index contributed by atoms with van der Waals surface area (Å²) in [7, 11) is 0. The molecule has 3 heterocycles. The van der Waals surface area contributed by atoms with Gasteiger partial charge in [-0.2, -0.15) is 0 Å². The van der Waals surface area contributed by atoms with Crippen molar-refractivity contribution in [2.75, 3.05) is 26.2 Å². The van der Waals surface area contributed by atoms with Gasteiger partial charge in [0, 0.05) is 37.8 Å². The number of rotatable bonds is 5. The summed E-state index contributed by atoms with van der Waals surface area (Å²) < 4.78 is 0. The van der Waals surface area contributed by atoms with Crippen LogP contribution in [0.4, 0.5) is 0 Å². The molecule has 0 spiro atoms. The topological polar surface area (TPSA) is 78.4 Å². The molecule has 28 heavy (non-hydrogen) atoms. The molecule has 1 N–H and O–H groups in total. The molecule has 2 saturated heterocycles. The molecule has 152 valence electrons. The van der Waals surface area contributed by atoms with Crippen LogP contribution in [0.1, 0.15) is 49.9 Å². The van der Waals surface area contributed by atoms with Crippen LogP contribution in [0.25, 0.3) is 0 Å². The number of hydrogen-bond acceptors (Lipinski definition) is 5. The van der Waals surface area contributed by atoms with Crippen LogP contribution in [0.5, 0.6) is 0 Å². The molecule has 1 aromatic heterocycles. The van der Waals surface area contributed by atoms with Crippen molar-refractivity contribution in [2.45, 2.75) is 58.0 Å². The van der Waals surface area contributed by atoms with Gasteiger partial charge in [-0.1, -0.05) is 0 Å². The molecule has 1 aromatic rings. The maximum absolute atomic E-state index is 12.7. The predicted molar refractivity (Wildman–Crippen MR) is 105 cm³/mol. The van der Waals surface area contributed by atoms with Gasteiger partial charge in [0.1, 0.15) is 0 Å². The van der Waals surface area contributed by atoms with E-state index in [9.17, 15) is 9.59 Å². The Morgan fingerprint density at radius 3 is 2.50 bits per heavy atom. The summed E-state index contributed by atoms with van der Waals surface area (Å²) in [5.41, 5.74) is 1.67. The van der Waals surface area contributed by atoms with Crippen molar-refractivity contribution in [2.24, 2.45) is 11.8 Å². The highest BCUT2D eigenvalue weighted by Gasteiger charge is 2.37. The average molecular weight is 386 g/mol. The van der Waals surface area contributed by atoms with Gasteiger partial charge in [-0.3, -0.25) is 24.5 Å². The van der Waals surface area contributed by atoms with E-state index >= 15 is 0 Å². The molecule has 0 radical (unpaired) electrons. The zero-order chi connectivity index (χ0) is 19.5. The number of piperidine rings is 2. The van der Waals surface area contributed by atoms with Crippen LogP contribution in [-0.2, 0) is 16.1 Å². The summed E-state index contributed by atoms with van der Waals surface area (Å²) in [4.78, 5) is 38.0. The summed E-state index contributed by atoms with van der Waals surface area (Å²) in [6.45, 7) is 5.97. The Morgan fingerprint density at radius 2 is 1.82 bits per heavy atom. The van der Waals surface area contributed by atoms with Gasteiger partial charge in [-0.25, -0.2) is 0 Å². The van der Waals surface area contributed by atoms with Crippen LogP contribution in [-0.4, -0.2) is 63.8 Å². The molecule has 1 saturated carbocycles. The summed E-state index contributed by atoms with van der Waals surface area (Å²) in [6, 6.07) is 0.502. The number of likely N-dealkylation sites (tertiary alicyclic amines) is 2. The van der Waals surface area contributed by atoms with Gasteiger partial charge in [0.2, 0.25) is 11.8 Å². The molecule has 0 bridgehead atoms. The van der Waals surface area contributed by atoms with Gasteiger partial charge in [0.25, 0.3) is 0 Å². The largest absolute Gasteiger partial charge is 0.350 e. The predicted octanol–water partition coefficient (Wildman–Crippen LogP) is 1.51. The Bertz CT molecular complexity index is 695. The fourth-order valence-corrected chi connectivity index (χ4v) is 4.42. The first-order valence-corrected chi connectivity index (χ1v) is 10.7. The van der Waals surface area contributed by atoms with Crippen LogP contribution in [0, 0.1) is 18.8 Å². The fraction of sp³-hybridized carbons (Fsp3) is 0.714. The zero-order valence-corrected chi connectivity index (χ0v) is 16.8. The van der Waals surface area contributed by atoms with Crippen LogP contribution >= 0.6 is 0 Å². The first-order chi connectivity index (χ1) is 13.6. The number of carbonyl (C=O) groups is 2. The number of aryl methyl sites for hydroxylation is 1. The van der Waals surface area contributed by atoms with Crippen LogP contribution in [0.15, 0.2) is 12.4 Å². The molecular weight excluding hydrogens is 354 g/mol. The minimum Gasteiger partial charge on any atom is -0.350 e. The van der Waals surface area contributed by atoms with Crippen LogP contribution in [0.3, 0.4) is 0 Å². The smallest absolute Gasteiger partial charge is 0.225 e. The lowest BCUT2D eigenvalue weighted by Gasteiger charge is -2.42. The molecule has 3 aliphatic rings. The molecule has 3 fully saturated rings.